The van der Waals surface area contributed by atoms with E-state index in [1.165, 1.54) is 6.07 Å². The van der Waals surface area contributed by atoms with Crippen LogP contribution in [-0.2, 0) is 0 Å². The molecule has 104 valence electrons. The van der Waals surface area contributed by atoms with Gasteiger partial charge < -0.3 is 11.1 Å². The van der Waals surface area contributed by atoms with Gasteiger partial charge in [0, 0.05) is 16.6 Å². The van der Waals surface area contributed by atoms with Gasteiger partial charge in [-0.25, -0.2) is 0 Å². The summed E-state index contributed by atoms with van der Waals surface area (Å²) in [5.41, 5.74) is 7.22. The lowest BCUT2D eigenvalue weighted by Crippen LogP contribution is -2.14. The van der Waals surface area contributed by atoms with Crippen molar-refractivity contribution in [1.82, 2.24) is 10.2 Å². The highest BCUT2D eigenvalue weighted by Gasteiger charge is 2.12. The van der Waals surface area contributed by atoms with Crippen LogP contribution in [0.5, 0.6) is 0 Å². The number of primary amides is 1. The first kappa shape index (κ1) is 12.9. The van der Waals surface area contributed by atoms with Crippen molar-refractivity contribution in [2.45, 2.75) is 0 Å². The first-order valence-electron chi connectivity index (χ1n) is 6.28. The van der Waals surface area contributed by atoms with Gasteiger partial charge in [-0.3, -0.25) is 14.7 Å². The lowest BCUT2D eigenvalue weighted by molar-refractivity contribution is 0.0996. The predicted molar refractivity (Wildman–Crippen MR) is 79.0 cm³/mol. The second-order valence-corrected chi connectivity index (χ2v) is 4.54. The van der Waals surface area contributed by atoms with Crippen LogP contribution in [0.3, 0.4) is 0 Å². The topological polar surface area (TPSA) is 101 Å². The number of H-pyrrole nitrogens is 1. The summed E-state index contributed by atoms with van der Waals surface area (Å²) in [6, 6.07) is 11.8. The average Bonchev–Trinajstić information content (AvgIpc) is 2.95. The molecule has 0 bridgehead atoms. The Labute approximate surface area is 120 Å². The number of amides is 2. The Hall–Kier alpha value is -3.15. The first-order valence-corrected chi connectivity index (χ1v) is 6.28. The summed E-state index contributed by atoms with van der Waals surface area (Å²) < 4.78 is 0. The van der Waals surface area contributed by atoms with Gasteiger partial charge in [0.2, 0.25) is 5.91 Å². The maximum Gasteiger partial charge on any atom is 0.257 e. The van der Waals surface area contributed by atoms with Gasteiger partial charge in [-0.1, -0.05) is 18.2 Å². The summed E-state index contributed by atoms with van der Waals surface area (Å²) in [4.78, 5) is 23.5. The number of nitrogens with two attached hydrogens (primary N) is 1. The summed E-state index contributed by atoms with van der Waals surface area (Å²) in [5, 5.41) is 10.3. The fourth-order valence-electron chi connectivity index (χ4n) is 2.11. The zero-order chi connectivity index (χ0) is 14.8. The van der Waals surface area contributed by atoms with E-state index in [1.807, 2.05) is 6.07 Å². The minimum atomic E-state index is -0.540. The molecular formula is C15H12N4O2. The van der Waals surface area contributed by atoms with Crippen LogP contribution in [0, 0.1) is 0 Å². The number of rotatable bonds is 3. The first-order chi connectivity index (χ1) is 10.1. The number of anilines is 1. The molecule has 0 aliphatic rings. The molecule has 2 amide bonds. The fraction of sp³-hybridized carbons (Fsp3) is 0. The molecule has 3 rings (SSSR count). The monoisotopic (exact) mass is 280 g/mol. The second-order valence-electron chi connectivity index (χ2n) is 4.54. The smallest absolute Gasteiger partial charge is 0.257 e. The third-order valence-corrected chi connectivity index (χ3v) is 3.13. The van der Waals surface area contributed by atoms with Crippen molar-refractivity contribution in [3.8, 4) is 0 Å². The zero-order valence-corrected chi connectivity index (χ0v) is 11.0. The van der Waals surface area contributed by atoms with Gasteiger partial charge >= 0.3 is 0 Å². The molecule has 1 heterocycles. The van der Waals surface area contributed by atoms with E-state index in [1.54, 1.807) is 36.5 Å². The number of carbonyl (C=O) groups excluding carboxylic acids is 2. The molecule has 0 aliphatic carbocycles. The average molecular weight is 280 g/mol. The van der Waals surface area contributed by atoms with Crippen molar-refractivity contribution in [2.24, 2.45) is 5.73 Å². The molecule has 0 saturated heterocycles. The summed E-state index contributed by atoms with van der Waals surface area (Å²) in [5.74, 6) is -0.826. The Kier molecular flexibility index (Phi) is 3.12. The number of para-hydroxylation sites is 1. The number of nitrogens with one attached hydrogen (secondary N) is 2. The lowest BCUT2D eigenvalue weighted by Gasteiger charge is -2.07. The summed E-state index contributed by atoms with van der Waals surface area (Å²) >= 11 is 0. The summed E-state index contributed by atoms with van der Waals surface area (Å²) in [6.07, 6.45) is 1.65. The molecule has 6 nitrogen and oxygen atoms in total. The maximum atomic E-state index is 12.3. The minimum absolute atomic E-state index is 0.286. The maximum absolute atomic E-state index is 12.3. The normalized spacial score (nSPS) is 10.5. The van der Waals surface area contributed by atoms with Crippen molar-refractivity contribution in [3.63, 3.8) is 0 Å². The number of fused-ring (bicyclic) bond motifs is 1. The van der Waals surface area contributed by atoms with Crippen LogP contribution < -0.4 is 11.1 Å². The molecule has 21 heavy (non-hydrogen) atoms. The number of benzene rings is 2. The van der Waals surface area contributed by atoms with Gasteiger partial charge in [0.05, 0.1) is 17.3 Å². The molecule has 4 N–H and O–H groups in total. The SMILES string of the molecule is NC(=O)c1cccc(NC(=O)c2cccc3cn[nH]c23)c1. The molecule has 0 atom stereocenters. The molecule has 0 unspecified atom stereocenters. The molecule has 0 saturated carbocycles. The number of aromatic amines is 1. The number of aromatic nitrogens is 2. The van der Waals surface area contributed by atoms with E-state index in [2.05, 4.69) is 15.5 Å². The Balaban J connectivity index is 1.91. The molecule has 6 heteroatoms. The largest absolute Gasteiger partial charge is 0.366 e. The van der Waals surface area contributed by atoms with Crippen LogP contribution in [0.2, 0.25) is 0 Å². The minimum Gasteiger partial charge on any atom is -0.366 e. The van der Waals surface area contributed by atoms with Crippen molar-refractivity contribution in [1.29, 1.82) is 0 Å². The second kappa shape index (κ2) is 5.09. The summed E-state index contributed by atoms with van der Waals surface area (Å²) in [7, 11) is 0. The highest BCUT2D eigenvalue weighted by Crippen LogP contribution is 2.18. The van der Waals surface area contributed by atoms with Gasteiger partial charge in [-0.05, 0) is 24.3 Å². The molecule has 1 aromatic heterocycles. The standard InChI is InChI=1S/C15H12N4O2/c16-14(20)9-3-1-5-11(7-9)18-15(21)12-6-2-4-10-8-17-19-13(10)12/h1-8H,(H2,16,20)(H,17,19)(H,18,21). The van der Waals surface area contributed by atoms with Crippen LogP contribution in [0.4, 0.5) is 5.69 Å². The highest BCUT2D eigenvalue weighted by atomic mass is 16.2. The Morgan fingerprint density at radius 3 is 2.76 bits per heavy atom. The van der Waals surface area contributed by atoms with Crippen LogP contribution in [-0.4, -0.2) is 22.0 Å². The third kappa shape index (κ3) is 2.46. The van der Waals surface area contributed by atoms with E-state index in [-0.39, 0.29) is 5.91 Å². The number of carbonyl (C=O) groups is 2. The molecule has 0 spiro atoms. The van der Waals surface area contributed by atoms with E-state index in [0.29, 0.717) is 22.3 Å². The Morgan fingerprint density at radius 2 is 1.95 bits per heavy atom. The third-order valence-electron chi connectivity index (χ3n) is 3.13. The van der Waals surface area contributed by atoms with Gasteiger partial charge in [0.25, 0.3) is 5.91 Å². The van der Waals surface area contributed by atoms with E-state index >= 15 is 0 Å². The van der Waals surface area contributed by atoms with Crippen molar-refractivity contribution in [3.05, 3.63) is 59.8 Å². The van der Waals surface area contributed by atoms with E-state index < -0.39 is 5.91 Å². The van der Waals surface area contributed by atoms with Gasteiger partial charge in [-0.15, -0.1) is 0 Å². The Morgan fingerprint density at radius 1 is 1.14 bits per heavy atom. The molecule has 0 radical (unpaired) electrons. The molecule has 2 aromatic carbocycles. The van der Waals surface area contributed by atoms with E-state index in [4.69, 9.17) is 5.73 Å². The fourth-order valence-corrected chi connectivity index (χ4v) is 2.11. The molecule has 3 aromatic rings. The van der Waals surface area contributed by atoms with Crippen molar-refractivity contribution in [2.75, 3.05) is 5.32 Å². The molecule has 0 aliphatic heterocycles. The van der Waals surface area contributed by atoms with E-state index in [9.17, 15) is 9.59 Å². The quantitative estimate of drug-likeness (QED) is 0.683. The molecular weight excluding hydrogens is 268 g/mol. The number of hydrogen-bond donors (Lipinski definition) is 3. The van der Waals surface area contributed by atoms with Gasteiger partial charge in [0.15, 0.2) is 0 Å². The van der Waals surface area contributed by atoms with Crippen LogP contribution in [0.1, 0.15) is 20.7 Å². The van der Waals surface area contributed by atoms with Crippen LogP contribution in [0.25, 0.3) is 10.9 Å². The summed E-state index contributed by atoms with van der Waals surface area (Å²) in [6.45, 7) is 0. The lowest BCUT2D eigenvalue weighted by atomic mass is 10.1. The predicted octanol–water partition coefficient (Wildman–Crippen LogP) is 1.91. The zero-order valence-electron chi connectivity index (χ0n) is 11.0. The molecule has 0 fully saturated rings. The van der Waals surface area contributed by atoms with Gasteiger partial charge in [-0.2, -0.15) is 5.10 Å². The number of nitrogens with zero attached hydrogens (tertiary/aromatic N) is 1. The van der Waals surface area contributed by atoms with Crippen LogP contribution in [0.15, 0.2) is 48.7 Å². The Bertz CT molecular complexity index is 838. The van der Waals surface area contributed by atoms with Crippen LogP contribution >= 0.6 is 0 Å². The highest BCUT2D eigenvalue weighted by molar-refractivity contribution is 6.12. The van der Waals surface area contributed by atoms with E-state index in [0.717, 1.165) is 5.39 Å². The number of hydrogen-bond acceptors (Lipinski definition) is 3. The van der Waals surface area contributed by atoms with Crippen molar-refractivity contribution < 1.29 is 9.59 Å². The van der Waals surface area contributed by atoms with Crippen molar-refractivity contribution >= 4 is 28.4 Å². The van der Waals surface area contributed by atoms with Gasteiger partial charge in [0.1, 0.15) is 0 Å².